The van der Waals surface area contributed by atoms with Gasteiger partial charge in [-0.15, -0.1) is 0 Å². The molecule has 122 valence electrons. The molecule has 1 fully saturated rings. The van der Waals surface area contributed by atoms with Crippen LogP contribution in [0.1, 0.15) is 45.3 Å². The second-order valence-electron chi connectivity index (χ2n) is 5.08. The predicted octanol–water partition coefficient (Wildman–Crippen LogP) is 4.53. The maximum Gasteiger partial charge on any atom is 0.338 e. The van der Waals surface area contributed by atoms with E-state index in [4.69, 9.17) is 37.4 Å². The highest BCUT2D eigenvalue weighted by atomic mass is 35.5. The third kappa shape index (κ3) is 3.25. The van der Waals surface area contributed by atoms with Gasteiger partial charge in [0.05, 0.1) is 6.61 Å². The highest BCUT2D eigenvalue weighted by Gasteiger charge is 2.51. The summed E-state index contributed by atoms with van der Waals surface area (Å²) in [5.74, 6) is -1.29. The van der Waals surface area contributed by atoms with Crippen molar-refractivity contribution in [1.82, 2.24) is 0 Å². The van der Waals surface area contributed by atoms with Gasteiger partial charge in [-0.1, -0.05) is 43.1 Å². The zero-order chi connectivity index (χ0) is 16.3. The molecule has 0 spiro atoms. The van der Waals surface area contributed by atoms with Crippen LogP contribution in [0, 0.1) is 0 Å². The van der Waals surface area contributed by atoms with Gasteiger partial charge in [0.1, 0.15) is 6.10 Å². The van der Waals surface area contributed by atoms with Gasteiger partial charge in [0.15, 0.2) is 11.9 Å². The van der Waals surface area contributed by atoms with E-state index in [1.165, 1.54) is 0 Å². The zero-order valence-corrected chi connectivity index (χ0v) is 14.4. The van der Waals surface area contributed by atoms with E-state index in [1.807, 2.05) is 13.8 Å². The minimum absolute atomic E-state index is 0.271. The first-order chi connectivity index (χ1) is 10.5. The van der Waals surface area contributed by atoms with Crippen LogP contribution >= 0.6 is 23.2 Å². The Labute approximate surface area is 140 Å². The van der Waals surface area contributed by atoms with Crippen molar-refractivity contribution < 1.29 is 19.0 Å². The summed E-state index contributed by atoms with van der Waals surface area (Å²) in [6.07, 6.45) is -0.340. The van der Waals surface area contributed by atoms with Gasteiger partial charge >= 0.3 is 5.97 Å². The molecule has 6 heteroatoms. The van der Waals surface area contributed by atoms with Gasteiger partial charge in [-0.05, 0) is 31.9 Å². The third-order valence-corrected chi connectivity index (χ3v) is 4.50. The molecule has 0 radical (unpaired) electrons. The van der Waals surface area contributed by atoms with Gasteiger partial charge in [-0.2, -0.15) is 0 Å². The molecule has 0 aromatic heterocycles. The Morgan fingerprint density at radius 2 is 1.77 bits per heavy atom. The lowest BCUT2D eigenvalue weighted by Crippen LogP contribution is -2.32. The van der Waals surface area contributed by atoms with Crippen LogP contribution in [-0.2, 0) is 19.0 Å². The normalized spacial score (nSPS) is 23.5. The fourth-order valence-corrected chi connectivity index (χ4v) is 3.20. The summed E-state index contributed by atoms with van der Waals surface area (Å²) >= 11 is 12.5. The number of rotatable bonds is 5. The first-order valence-corrected chi connectivity index (χ1v) is 8.19. The molecule has 1 aromatic rings. The third-order valence-electron chi connectivity index (χ3n) is 3.84. The highest BCUT2D eigenvalue weighted by molar-refractivity contribution is 6.36. The number of carbonyl (C=O) groups excluding carboxylic acids is 1. The summed E-state index contributed by atoms with van der Waals surface area (Å²) in [7, 11) is 0. The molecule has 1 aliphatic rings. The molecular formula is C16H20Cl2O4. The number of benzene rings is 1. The molecule has 1 aromatic carbocycles. The fourth-order valence-electron chi connectivity index (χ4n) is 2.59. The highest BCUT2D eigenvalue weighted by Crippen LogP contribution is 2.46. The first-order valence-electron chi connectivity index (χ1n) is 7.44. The summed E-state index contributed by atoms with van der Waals surface area (Å²) < 4.78 is 17.1. The number of esters is 1. The Morgan fingerprint density at radius 1 is 1.18 bits per heavy atom. The van der Waals surface area contributed by atoms with Gasteiger partial charge in [-0.25, -0.2) is 4.79 Å². The van der Waals surface area contributed by atoms with E-state index in [0.29, 0.717) is 28.5 Å². The van der Waals surface area contributed by atoms with Crippen molar-refractivity contribution in [3.63, 3.8) is 0 Å². The standard InChI is InChI=1S/C16H20Cl2O4/c1-4-16(5-2)21-13(14(22-16)15(19)20-6-3)12-10(17)8-7-9-11(12)18/h7-9,13-14H,4-6H2,1-3H3/t13-,14-/m1/s1. The lowest BCUT2D eigenvalue weighted by Gasteiger charge is -2.25. The number of hydrogen-bond acceptors (Lipinski definition) is 4. The van der Waals surface area contributed by atoms with Gasteiger partial charge in [0.25, 0.3) is 0 Å². The van der Waals surface area contributed by atoms with Crippen molar-refractivity contribution in [2.75, 3.05) is 6.61 Å². The molecule has 0 bridgehead atoms. The van der Waals surface area contributed by atoms with Crippen LogP contribution in [0.15, 0.2) is 18.2 Å². The molecule has 1 aliphatic heterocycles. The Morgan fingerprint density at radius 3 is 2.27 bits per heavy atom. The Kier molecular flexibility index (Phi) is 5.72. The molecule has 0 amide bonds. The van der Waals surface area contributed by atoms with Gasteiger partial charge in [0, 0.05) is 15.6 Å². The van der Waals surface area contributed by atoms with Crippen LogP contribution in [0.3, 0.4) is 0 Å². The lowest BCUT2D eigenvalue weighted by atomic mass is 10.0. The van der Waals surface area contributed by atoms with Crippen LogP contribution in [0.4, 0.5) is 0 Å². The lowest BCUT2D eigenvalue weighted by molar-refractivity contribution is -0.188. The average molecular weight is 347 g/mol. The maximum absolute atomic E-state index is 12.3. The quantitative estimate of drug-likeness (QED) is 0.734. The van der Waals surface area contributed by atoms with Crippen molar-refractivity contribution in [3.05, 3.63) is 33.8 Å². The van der Waals surface area contributed by atoms with Crippen LogP contribution in [0.2, 0.25) is 10.0 Å². The monoisotopic (exact) mass is 346 g/mol. The van der Waals surface area contributed by atoms with Crippen molar-refractivity contribution in [3.8, 4) is 0 Å². The molecule has 0 N–H and O–H groups in total. The van der Waals surface area contributed by atoms with Crippen LogP contribution in [-0.4, -0.2) is 24.5 Å². The van der Waals surface area contributed by atoms with Crippen molar-refractivity contribution in [2.45, 2.75) is 51.6 Å². The summed E-state index contributed by atoms with van der Waals surface area (Å²) in [4.78, 5) is 12.3. The molecule has 4 nitrogen and oxygen atoms in total. The van der Waals surface area contributed by atoms with Gasteiger partial charge in [-0.3, -0.25) is 0 Å². The van der Waals surface area contributed by atoms with E-state index >= 15 is 0 Å². The summed E-state index contributed by atoms with van der Waals surface area (Å²) in [5, 5.41) is 0.886. The number of ether oxygens (including phenoxy) is 3. The van der Waals surface area contributed by atoms with Crippen LogP contribution < -0.4 is 0 Å². The Bertz CT molecular complexity index is 523. The summed E-state index contributed by atoms with van der Waals surface area (Å²) in [6.45, 7) is 5.91. The van der Waals surface area contributed by atoms with E-state index in [1.54, 1.807) is 25.1 Å². The summed E-state index contributed by atoms with van der Waals surface area (Å²) in [5.41, 5.74) is 0.563. The fraction of sp³-hybridized carbons (Fsp3) is 0.562. The maximum atomic E-state index is 12.3. The molecule has 2 rings (SSSR count). The molecule has 0 unspecified atom stereocenters. The van der Waals surface area contributed by atoms with E-state index in [9.17, 15) is 4.79 Å². The molecule has 1 heterocycles. The van der Waals surface area contributed by atoms with Crippen molar-refractivity contribution in [2.24, 2.45) is 0 Å². The zero-order valence-electron chi connectivity index (χ0n) is 12.9. The van der Waals surface area contributed by atoms with Gasteiger partial charge < -0.3 is 14.2 Å². The van der Waals surface area contributed by atoms with Gasteiger partial charge in [0.2, 0.25) is 0 Å². The van der Waals surface area contributed by atoms with E-state index in [-0.39, 0.29) is 6.61 Å². The minimum atomic E-state index is -0.878. The molecule has 2 atom stereocenters. The molecular weight excluding hydrogens is 327 g/mol. The van der Waals surface area contributed by atoms with Crippen molar-refractivity contribution in [1.29, 1.82) is 0 Å². The summed E-state index contributed by atoms with van der Waals surface area (Å²) in [6, 6.07) is 5.18. The number of carbonyl (C=O) groups is 1. The second-order valence-corrected chi connectivity index (χ2v) is 5.90. The van der Waals surface area contributed by atoms with Crippen LogP contribution in [0.5, 0.6) is 0 Å². The SMILES string of the molecule is CCOC(=O)[C@@H]1OC(CC)(CC)O[C@@H]1c1c(Cl)cccc1Cl. The predicted molar refractivity (Wildman–Crippen MR) is 85.1 cm³/mol. The van der Waals surface area contributed by atoms with Crippen molar-refractivity contribution >= 4 is 29.2 Å². The van der Waals surface area contributed by atoms with E-state index in [2.05, 4.69) is 0 Å². The second kappa shape index (κ2) is 7.18. The first kappa shape index (κ1) is 17.5. The topological polar surface area (TPSA) is 44.8 Å². The number of hydrogen-bond donors (Lipinski definition) is 0. The van der Waals surface area contributed by atoms with E-state index < -0.39 is 24.0 Å². The Balaban J connectivity index is 2.43. The molecule has 22 heavy (non-hydrogen) atoms. The van der Waals surface area contributed by atoms with E-state index in [0.717, 1.165) is 0 Å². The minimum Gasteiger partial charge on any atom is -0.464 e. The largest absolute Gasteiger partial charge is 0.464 e. The average Bonchev–Trinajstić information content (AvgIpc) is 2.88. The van der Waals surface area contributed by atoms with Crippen LogP contribution in [0.25, 0.3) is 0 Å². The molecule has 0 aliphatic carbocycles. The Hall–Kier alpha value is -0.810. The molecule has 1 saturated heterocycles. The smallest absolute Gasteiger partial charge is 0.338 e. The number of halogens is 2. The molecule has 0 saturated carbocycles.